The molecule has 1 amide bonds. The summed E-state index contributed by atoms with van der Waals surface area (Å²) in [5.41, 5.74) is 1.78. The number of hydrogen-bond donors (Lipinski definition) is 0. The van der Waals surface area contributed by atoms with Crippen LogP contribution >= 0.6 is 0 Å². The van der Waals surface area contributed by atoms with Gasteiger partial charge in [-0.25, -0.2) is 4.79 Å². The summed E-state index contributed by atoms with van der Waals surface area (Å²) in [5.74, 6) is 0. The van der Waals surface area contributed by atoms with Gasteiger partial charge in [-0.15, -0.1) is 0 Å². The molecule has 1 saturated heterocycles. The lowest BCUT2D eigenvalue weighted by atomic mass is 10.1. The Kier molecular flexibility index (Phi) is 4.72. The van der Waals surface area contributed by atoms with E-state index >= 15 is 0 Å². The number of rotatable bonds is 2. The van der Waals surface area contributed by atoms with Crippen molar-refractivity contribution in [1.82, 2.24) is 4.90 Å². The second-order valence-corrected chi connectivity index (χ2v) is 4.83. The van der Waals surface area contributed by atoms with Crippen LogP contribution in [-0.4, -0.2) is 29.8 Å². The molecule has 1 aliphatic heterocycles. The molecular weight excluding hydrogens is 254 g/mol. The van der Waals surface area contributed by atoms with Gasteiger partial charge in [-0.1, -0.05) is 28.9 Å². The van der Waals surface area contributed by atoms with Crippen LogP contribution in [0, 0.1) is 18.3 Å². The van der Waals surface area contributed by atoms with Crippen molar-refractivity contribution in [2.75, 3.05) is 13.1 Å². The third-order valence-corrected chi connectivity index (χ3v) is 3.23. The highest BCUT2D eigenvalue weighted by atomic mass is 16.7. The van der Waals surface area contributed by atoms with Gasteiger partial charge in [0.15, 0.2) is 5.71 Å². The van der Waals surface area contributed by atoms with Crippen molar-refractivity contribution in [2.45, 2.75) is 26.2 Å². The zero-order valence-corrected chi connectivity index (χ0v) is 11.5. The molecule has 0 spiro atoms. The van der Waals surface area contributed by atoms with Crippen LogP contribution < -0.4 is 0 Å². The van der Waals surface area contributed by atoms with Crippen molar-refractivity contribution in [3.05, 3.63) is 35.4 Å². The first-order valence-corrected chi connectivity index (χ1v) is 6.72. The summed E-state index contributed by atoms with van der Waals surface area (Å²) < 4.78 is 0. The quantitative estimate of drug-likeness (QED) is 0.472. The molecule has 104 valence electrons. The first kappa shape index (κ1) is 14.1. The largest absolute Gasteiger partial charge is 0.436 e. The van der Waals surface area contributed by atoms with Crippen LogP contribution in [0.3, 0.4) is 0 Å². The van der Waals surface area contributed by atoms with Crippen LogP contribution in [0.4, 0.5) is 4.79 Å². The van der Waals surface area contributed by atoms with Crippen LogP contribution in [0.15, 0.2) is 29.4 Å². The number of aryl methyl sites for hydroxylation is 1. The van der Waals surface area contributed by atoms with Crippen LogP contribution in [0.5, 0.6) is 0 Å². The Balaban J connectivity index is 2.04. The fourth-order valence-electron chi connectivity index (χ4n) is 2.15. The maximum absolute atomic E-state index is 11.8. The van der Waals surface area contributed by atoms with Crippen molar-refractivity contribution in [3.8, 4) is 6.07 Å². The van der Waals surface area contributed by atoms with E-state index in [4.69, 9.17) is 10.1 Å². The lowest BCUT2D eigenvalue weighted by Crippen LogP contribution is -2.35. The number of carbonyl (C=O) groups excluding carboxylic acids is 1. The lowest BCUT2D eigenvalue weighted by molar-refractivity contribution is 0.0984. The maximum Gasteiger partial charge on any atom is 0.436 e. The zero-order chi connectivity index (χ0) is 14.4. The van der Waals surface area contributed by atoms with Crippen LogP contribution in [0.1, 0.15) is 30.4 Å². The van der Waals surface area contributed by atoms with Gasteiger partial charge in [-0.05, 0) is 32.3 Å². The van der Waals surface area contributed by atoms with Gasteiger partial charge in [0.25, 0.3) is 0 Å². The first-order chi connectivity index (χ1) is 9.70. The highest BCUT2D eigenvalue weighted by molar-refractivity contribution is 6.11. The van der Waals surface area contributed by atoms with E-state index in [0.29, 0.717) is 18.7 Å². The van der Waals surface area contributed by atoms with E-state index in [2.05, 4.69) is 5.16 Å². The number of hydrogen-bond acceptors (Lipinski definition) is 4. The highest BCUT2D eigenvalue weighted by Crippen LogP contribution is 2.11. The number of benzene rings is 1. The number of piperidine rings is 1. The molecule has 0 aliphatic carbocycles. The molecule has 0 atom stereocenters. The number of likely N-dealkylation sites (tertiary alicyclic amines) is 1. The molecule has 2 rings (SSSR count). The summed E-state index contributed by atoms with van der Waals surface area (Å²) in [4.78, 5) is 18.3. The van der Waals surface area contributed by atoms with Crippen molar-refractivity contribution in [3.63, 3.8) is 0 Å². The second kappa shape index (κ2) is 6.71. The Morgan fingerprint density at radius 1 is 1.35 bits per heavy atom. The first-order valence-electron chi connectivity index (χ1n) is 6.72. The summed E-state index contributed by atoms with van der Waals surface area (Å²) in [7, 11) is 0. The van der Waals surface area contributed by atoms with Crippen LogP contribution in [-0.2, 0) is 4.84 Å². The Labute approximate surface area is 118 Å². The predicted octanol–water partition coefficient (Wildman–Crippen LogP) is 2.85. The average molecular weight is 271 g/mol. The van der Waals surface area contributed by atoms with Gasteiger partial charge in [-0.3, -0.25) is 4.84 Å². The summed E-state index contributed by atoms with van der Waals surface area (Å²) in [6.45, 7) is 3.32. The zero-order valence-electron chi connectivity index (χ0n) is 11.5. The van der Waals surface area contributed by atoms with Crippen LogP contribution in [0.2, 0.25) is 0 Å². The van der Waals surface area contributed by atoms with Gasteiger partial charge in [0.2, 0.25) is 0 Å². The number of amides is 1. The molecule has 5 nitrogen and oxygen atoms in total. The summed E-state index contributed by atoms with van der Waals surface area (Å²) >= 11 is 0. The molecule has 0 N–H and O–H groups in total. The Morgan fingerprint density at radius 3 is 2.75 bits per heavy atom. The number of oxime groups is 1. The standard InChI is InChI=1S/C15H17N3O2/c1-12-6-5-7-13(10-12)14(11-16)17-20-15(19)18-8-3-2-4-9-18/h5-7,10H,2-4,8-9H2,1H3/b17-14+. The van der Waals surface area contributed by atoms with Gasteiger partial charge in [0, 0.05) is 18.7 Å². The topological polar surface area (TPSA) is 65.7 Å². The molecule has 1 aliphatic rings. The van der Waals surface area contributed by atoms with E-state index < -0.39 is 6.09 Å². The summed E-state index contributed by atoms with van der Waals surface area (Å²) in [6, 6.07) is 9.32. The van der Waals surface area contributed by atoms with Crippen molar-refractivity contribution < 1.29 is 9.63 Å². The highest BCUT2D eigenvalue weighted by Gasteiger charge is 2.18. The van der Waals surface area contributed by atoms with E-state index in [0.717, 1.165) is 24.8 Å². The fourth-order valence-corrected chi connectivity index (χ4v) is 2.15. The third kappa shape index (κ3) is 3.58. The molecule has 0 saturated carbocycles. The van der Waals surface area contributed by atoms with E-state index in [1.165, 1.54) is 0 Å². The number of nitriles is 1. The smallest absolute Gasteiger partial charge is 0.306 e. The Hall–Kier alpha value is -2.35. The monoisotopic (exact) mass is 271 g/mol. The molecule has 5 heteroatoms. The van der Waals surface area contributed by atoms with Gasteiger partial charge in [0.1, 0.15) is 6.07 Å². The van der Waals surface area contributed by atoms with Crippen LogP contribution in [0.25, 0.3) is 0 Å². The minimum Gasteiger partial charge on any atom is -0.306 e. The summed E-state index contributed by atoms with van der Waals surface area (Å²) in [5, 5.41) is 12.8. The maximum atomic E-state index is 11.8. The molecule has 20 heavy (non-hydrogen) atoms. The fraction of sp³-hybridized carbons (Fsp3) is 0.400. The molecule has 0 bridgehead atoms. The molecule has 0 radical (unpaired) electrons. The number of nitrogens with zero attached hydrogens (tertiary/aromatic N) is 3. The van der Waals surface area contributed by atoms with E-state index in [-0.39, 0.29) is 5.71 Å². The second-order valence-electron chi connectivity index (χ2n) is 4.83. The molecule has 1 aromatic carbocycles. The predicted molar refractivity (Wildman–Crippen MR) is 75.2 cm³/mol. The Bertz CT molecular complexity index is 554. The van der Waals surface area contributed by atoms with Gasteiger partial charge in [-0.2, -0.15) is 5.26 Å². The SMILES string of the molecule is Cc1cccc(/C(C#N)=N/OC(=O)N2CCCCC2)c1. The third-order valence-electron chi connectivity index (χ3n) is 3.23. The normalized spacial score (nSPS) is 15.6. The van der Waals surface area contributed by atoms with Crippen molar-refractivity contribution in [2.24, 2.45) is 5.16 Å². The molecule has 1 fully saturated rings. The average Bonchev–Trinajstić information content (AvgIpc) is 2.48. The summed E-state index contributed by atoms with van der Waals surface area (Å²) in [6.07, 6.45) is 2.63. The molecular formula is C15H17N3O2. The van der Waals surface area contributed by atoms with E-state index in [9.17, 15) is 4.79 Å². The van der Waals surface area contributed by atoms with Gasteiger partial charge < -0.3 is 4.90 Å². The van der Waals surface area contributed by atoms with Crippen molar-refractivity contribution >= 4 is 11.8 Å². The van der Waals surface area contributed by atoms with E-state index in [1.807, 2.05) is 31.2 Å². The number of carbonyl (C=O) groups is 1. The molecule has 1 aromatic rings. The Morgan fingerprint density at radius 2 is 2.10 bits per heavy atom. The van der Waals surface area contributed by atoms with Gasteiger partial charge in [0.05, 0.1) is 0 Å². The molecule has 0 aromatic heterocycles. The minimum absolute atomic E-state index is 0.110. The molecule has 1 heterocycles. The molecule has 0 unspecified atom stereocenters. The minimum atomic E-state index is -0.481. The lowest BCUT2D eigenvalue weighted by Gasteiger charge is -2.24. The van der Waals surface area contributed by atoms with E-state index in [1.54, 1.807) is 11.0 Å². The van der Waals surface area contributed by atoms with Gasteiger partial charge >= 0.3 is 6.09 Å². The van der Waals surface area contributed by atoms with Crippen molar-refractivity contribution in [1.29, 1.82) is 5.26 Å².